The van der Waals surface area contributed by atoms with Gasteiger partial charge >= 0.3 is 0 Å². The van der Waals surface area contributed by atoms with Crippen LogP contribution in [0.4, 0.5) is 0 Å². The molecule has 2 N–H and O–H groups in total. The Balaban J connectivity index is 1.90. The first kappa shape index (κ1) is 22.8. The fraction of sp³-hybridized carbons (Fsp3) is 0.526. The van der Waals surface area contributed by atoms with Gasteiger partial charge < -0.3 is 20.1 Å². The van der Waals surface area contributed by atoms with Crippen molar-refractivity contribution < 1.29 is 27.9 Å². The van der Waals surface area contributed by atoms with Crippen molar-refractivity contribution in [2.75, 3.05) is 13.1 Å². The van der Waals surface area contributed by atoms with Crippen molar-refractivity contribution in [3.05, 3.63) is 29.8 Å². The maximum absolute atomic E-state index is 12.6. The number of hydrogen-bond acceptors (Lipinski definition) is 6. The van der Waals surface area contributed by atoms with E-state index in [9.17, 15) is 27.9 Å². The van der Waals surface area contributed by atoms with Crippen LogP contribution < -0.4 is 15.1 Å². The fourth-order valence-corrected chi connectivity index (χ4v) is 4.29. The molecule has 1 aromatic carbocycles. The summed E-state index contributed by atoms with van der Waals surface area (Å²) in [5.74, 6) is -2.52. The van der Waals surface area contributed by atoms with Gasteiger partial charge in [-0.1, -0.05) is 17.7 Å². The van der Waals surface area contributed by atoms with E-state index in [4.69, 9.17) is 0 Å². The Morgan fingerprint density at radius 2 is 1.62 bits per heavy atom. The number of rotatable bonds is 7. The van der Waals surface area contributed by atoms with Crippen molar-refractivity contribution in [1.29, 1.82) is 0 Å². The Morgan fingerprint density at radius 3 is 2.14 bits per heavy atom. The number of piperidine rings is 1. The largest absolute Gasteiger partial charge is 0.548 e. The van der Waals surface area contributed by atoms with Gasteiger partial charge in [-0.25, -0.2) is 8.42 Å². The monoisotopic (exact) mass is 424 g/mol. The third kappa shape index (κ3) is 6.01. The molecule has 9 nitrogen and oxygen atoms in total. The van der Waals surface area contributed by atoms with Crippen LogP contribution in [-0.2, 0) is 24.4 Å². The van der Waals surface area contributed by atoms with E-state index in [1.165, 1.54) is 30.9 Å². The summed E-state index contributed by atoms with van der Waals surface area (Å²) in [7, 11) is -3.83. The number of carboxylic acids is 1. The summed E-state index contributed by atoms with van der Waals surface area (Å²) in [6.07, 6.45) is 0.740. The van der Waals surface area contributed by atoms with Crippen molar-refractivity contribution >= 4 is 27.8 Å². The molecule has 1 saturated heterocycles. The zero-order valence-corrected chi connectivity index (χ0v) is 17.5. The van der Waals surface area contributed by atoms with Gasteiger partial charge in [0.25, 0.3) is 0 Å². The molecular formula is C19H26N3O6S-. The van der Waals surface area contributed by atoms with Crippen LogP contribution in [0.2, 0.25) is 0 Å². The molecule has 2 atom stereocenters. The molecule has 1 aliphatic heterocycles. The van der Waals surface area contributed by atoms with E-state index >= 15 is 0 Å². The molecule has 10 heteroatoms. The number of carboxylic acid groups (broad SMARTS) is 1. The highest BCUT2D eigenvalue weighted by molar-refractivity contribution is 7.89. The van der Waals surface area contributed by atoms with E-state index in [2.05, 4.69) is 10.0 Å². The van der Waals surface area contributed by atoms with Gasteiger partial charge in [-0.2, -0.15) is 4.72 Å². The minimum atomic E-state index is -3.83. The van der Waals surface area contributed by atoms with E-state index in [1.807, 2.05) is 6.92 Å². The minimum Gasteiger partial charge on any atom is -0.548 e. The second-order valence-electron chi connectivity index (χ2n) is 7.30. The zero-order valence-electron chi connectivity index (χ0n) is 16.7. The predicted octanol–water partition coefficient (Wildman–Crippen LogP) is -0.845. The lowest BCUT2D eigenvalue weighted by molar-refractivity contribution is -0.307. The van der Waals surface area contributed by atoms with E-state index in [0.717, 1.165) is 5.56 Å². The molecule has 0 radical (unpaired) electrons. The Hall–Kier alpha value is -2.46. The van der Waals surface area contributed by atoms with Gasteiger partial charge in [0.2, 0.25) is 21.8 Å². The number of likely N-dealkylation sites (tertiary alicyclic amines) is 1. The van der Waals surface area contributed by atoms with Gasteiger partial charge in [0.05, 0.1) is 22.9 Å². The third-order valence-corrected chi connectivity index (χ3v) is 6.48. The molecular weight excluding hydrogens is 398 g/mol. The average molecular weight is 424 g/mol. The van der Waals surface area contributed by atoms with Crippen molar-refractivity contribution in [3.63, 3.8) is 0 Å². The summed E-state index contributed by atoms with van der Waals surface area (Å²) >= 11 is 0. The fourth-order valence-electron chi connectivity index (χ4n) is 3.09. The van der Waals surface area contributed by atoms with E-state index in [0.29, 0.717) is 12.8 Å². The summed E-state index contributed by atoms with van der Waals surface area (Å²) in [6, 6.07) is 4.28. The number of aliphatic carboxylic acids is 1. The molecule has 0 aromatic heterocycles. The van der Waals surface area contributed by atoms with Crippen LogP contribution in [0.25, 0.3) is 0 Å². The van der Waals surface area contributed by atoms with Gasteiger partial charge in [-0.3, -0.25) is 9.59 Å². The summed E-state index contributed by atoms with van der Waals surface area (Å²) in [6.45, 7) is 5.22. The lowest BCUT2D eigenvalue weighted by Gasteiger charge is -2.33. The number of carbonyl (C=O) groups excluding carboxylic acids is 3. The summed E-state index contributed by atoms with van der Waals surface area (Å²) in [5.41, 5.74) is 0.925. The van der Waals surface area contributed by atoms with Gasteiger partial charge in [0, 0.05) is 19.0 Å². The highest BCUT2D eigenvalue weighted by Gasteiger charge is 2.31. The highest BCUT2D eigenvalue weighted by atomic mass is 32.2. The molecule has 1 fully saturated rings. The summed E-state index contributed by atoms with van der Waals surface area (Å²) < 4.78 is 27.3. The van der Waals surface area contributed by atoms with Crippen molar-refractivity contribution in [3.8, 4) is 0 Å². The Labute approximate surface area is 170 Å². The van der Waals surface area contributed by atoms with Crippen LogP contribution in [0.3, 0.4) is 0 Å². The summed E-state index contributed by atoms with van der Waals surface area (Å²) in [4.78, 5) is 37.0. The molecule has 1 aliphatic rings. The molecule has 1 aromatic rings. The third-order valence-electron chi connectivity index (χ3n) is 4.92. The molecule has 0 saturated carbocycles. The maximum atomic E-state index is 12.6. The smallest absolute Gasteiger partial charge is 0.241 e. The number of benzene rings is 1. The average Bonchev–Trinajstić information content (AvgIpc) is 2.67. The first-order valence-electron chi connectivity index (χ1n) is 9.40. The quantitative estimate of drug-likeness (QED) is 0.586. The van der Waals surface area contributed by atoms with Gasteiger partial charge in [0.1, 0.15) is 0 Å². The van der Waals surface area contributed by atoms with Crippen molar-refractivity contribution in [2.24, 2.45) is 5.92 Å². The lowest BCUT2D eigenvalue weighted by Crippen LogP contribution is -2.52. The number of nitrogens with one attached hydrogen (secondary N) is 2. The van der Waals surface area contributed by atoms with Gasteiger partial charge in [-0.05, 0) is 45.7 Å². The molecule has 2 rings (SSSR count). The molecule has 29 heavy (non-hydrogen) atoms. The standard InChI is InChI=1S/C19H27N3O6S/c1-12-4-6-16(7-5-12)29(27,28)21-13(2)18(24)22-10-8-15(9-11-22)17(23)20-14(3)19(25)26/h4-7,13-15,21H,8-11H2,1-3H3,(H,20,23)(H,25,26)/p-1/t13-,14-/m0/s1. The molecule has 0 aliphatic carbocycles. The molecule has 2 amide bonds. The lowest BCUT2D eigenvalue weighted by atomic mass is 9.95. The van der Waals surface area contributed by atoms with Crippen LogP contribution >= 0.6 is 0 Å². The SMILES string of the molecule is Cc1ccc(S(=O)(=O)N[C@@H](C)C(=O)N2CCC(C(=O)N[C@@H](C)C(=O)[O-])CC2)cc1. The molecule has 0 bridgehead atoms. The summed E-state index contributed by atoms with van der Waals surface area (Å²) in [5, 5.41) is 13.1. The normalized spacial score (nSPS) is 17.4. The molecule has 0 unspecified atom stereocenters. The van der Waals surface area contributed by atoms with Gasteiger partial charge in [0.15, 0.2) is 0 Å². The maximum Gasteiger partial charge on any atom is 0.241 e. The van der Waals surface area contributed by atoms with E-state index in [1.54, 1.807) is 12.1 Å². The number of carbonyl (C=O) groups is 3. The van der Waals surface area contributed by atoms with E-state index < -0.39 is 34.0 Å². The second-order valence-corrected chi connectivity index (χ2v) is 9.02. The molecule has 1 heterocycles. The van der Waals surface area contributed by atoms with E-state index in [-0.39, 0.29) is 29.8 Å². The number of aryl methyl sites for hydroxylation is 1. The van der Waals surface area contributed by atoms with Crippen LogP contribution in [0.15, 0.2) is 29.2 Å². The predicted molar refractivity (Wildman–Crippen MR) is 103 cm³/mol. The number of nitrogens with zero attached hydrogens (tertiary/aromatic N) is 1. The van der Waals surface area contributed by atoms with Crippen LogP contribution in [0.1, 0.15) is 32.3 Å². The second kappa shape index (κ2) is 9.36. The number of sulfonamides is 1. The number of amides is 2. The van der Waals surface area contributed by atoms with Crippen LogP contribution in [0, 0.1) is 12.8 Å². The Morgan fingerprint density at radius 1 is 1.07 bits per heavy atom. The van der Waals surface area contributed by atoms with Gasteiger partial charge in [-0.15, -0.1) is 0 Å². The topological polar surface area (TPSA) is 136 Å². The van der Waals surface area contributed by atoms with Crippen molar-refractivity contribution in [1.82, 2.24) is 14.9 Å². The first-order valence-corrected chi connectivity index (χ1v) is 10.9. The minimum absolute atomic E-state index is 0.0835. The Kier molecular flexibility index (Phi) is 7.37. The molecule has 0 spiro atoms. The molecule has 160 valence electrons. The number of hydrogen-bond donors (Lipinski definition) is 2. The Bertz CT molecular complexity index is 860. The zero-order chi connectivity index (χ0) is 21.8. The van der Waals surface area contributed by atoms with Crippen molar-refractivity contribution in [2.45, 2.75) is 50.6 Å². The van der Waals surface area contributed by atoms with Crippen LogP contribution in [0.5, 0.6) is 0 Å². The highest BCUT2D eigenvalue weighted by Crippen LogP contribution is 2.19. The first-order chi connectivity index (χ1) is 13.5. The van der Waals surface area contributed by atoms with Crippen LogP contribution in [-0.4, -0.2) is 56.3 Å².